The molecule has 0 heterocycles. The van der Waals surface area contributed by atoms with Gasteiger partial charge in [0.25, 0.3) is 0 Å². The number of ether oxygens (including phenoxy) is 1. The largest absolute Gasteiger partial charge is 0.493 e. The number of benzene rings is 1. The topological polar surface area (TPSA) is 9.23 Å². The molecule has 0 N–H and O–H groups in total. The Hall–Kier alpha value is -0.710. The first-order chi connectivity index (χ1) is 7.97. The third-order valence-corrected chi connectivity index (χ3v) is 3.38. The average Bonchev–Trinajstić information content (AvgIpc) is 2.30. The van der Waals surface area contributed by atoms with Crippen molar-refractivity contribution in [1.82, 2.24) is 0 Å². The van der Waals surface area contributed by atoms with Gasteiger partial charge in [-0.3, -0.25) is 0 Å². The monoisotopic (exact) mass is 310 g/mol. The normalized spacial score (nSPS) is 13.5. The van der Waals surface area contributed by atoms with Gasteiger partial charge in [0.2, 0.25) is 0 Å². The molecule has 1 rings (SSSR count). The standard InChI is InChI=1S/C12H14BrF3O/c1-2-9(7-13)8-17-11-5-3-10(4-6-11)12(14,15)16/h3-6,9H,2,7-8H2,1H3. The first-order valence-electron chi connectivity index (χ1n) is 5.33. The number of hydrogen-bond donors (Lipinski definition) is 0. The SMILES string of the molecule is CCC(CBr)COc1ccc(C(F)(F)F)cc1. The van der Waals surface area contributed by atoms with Crippen LogP contribution in [0.2, 0.25) is 0 Å². The Labute approximate surface area is 107 Å². The van der Waals surface area contributed by atoms with Crippen LogP contribution in [0.3, 0.4) is 0 Å². The summed E-state index contributed by atoms with van der Waals surface area (Å²) < 4.78 is 42.3. The second kappa shape index (κ2) is 6.28. The van der Waals surface area contributed by atoms with Gasteiger partial charge < -0.3 is 4.74 Å². The summed E-state index contributed by atoms with van der Waals surface area (Å²) in [5.41, 5.74) is -0.655. The molecule has 0 aromatic heterocycles. The number of rotatable bonds is 5. The number of alkyl halides is 4. The van der Waals surface area contributed by atoms with Crippen molar-refractivity contribution in [2.45, 2.75) is 19.5 Å². The zero-order valence-corrected chi connectivity index (χ0v) is 11.0. The minimum absolute atomic E-state index is 0.372. The third kappa shape index (κ3) is 4.58. The van der Waals surface area contributed by atoms with E-state index in [2.05, 4.69) is 15.9 Å². The van der Waals surface area contributed by atoms with Gasteiger partial charge in [-0.2, -0.15) is 13.2 Å². The van der Waals surface area contributed by atoms with Gasteiger partial charge in [0, 0.05) is 11.2 Å². The van der Waals surface area contributed by atoms with Crippen LogP contribution in [0.15, 0.2) is 24.3 Å². The summed E-state index contributed by atoms with van der Waals surface area (Å²) in [6, 6.07) is 4.77. The molecule has 0 fully saturated rings. The molecule has 0 spiro atoms. The minimum atomic E-state index is -4.29. The molecule has 5 heteroatoms. The predicted octanol–water partition coefficient (Wildman–Crippen LogP) is 4.51. The maximum absolute atomic E-state index is 12.3. The van der Waals surface area contributed by atoms with E-state index >= 15 is 0 Å². The van der Waals surface area contributed by atoms with Gasteiger partial charge in [-0.05, 0) is 30.7 Å². The first-order valence-corrected chi connectivity index (χ1v) is 6.45. The molecule has 1 aromatic rings. The lowest BCUT2D eigenvalue weighted by molar-refractivity contribution is -0.137. The molecule has 0 radical (unpaired) electrons. The Bertz CT molecular complexity index is 331. The molecule has 0 amide bonds. The van der Waals surface area contributed by atoms with Crippen LogP contribution >= 0.6 is 15.9 Å². The van der Waals surface area contributed by atoms with Crippen LogP contribution in [0.4, 0.5) is 13.2 Å². The zero-order chi connectivity index (χ0) is 12.9. The van der Waals surface area contributed by atoms with E-state index in [0.29, 0.717) is 18.3 Å². The van der Waals surface area contributed by atoms with Crippen molar-refractivity contribution in [1.29, 1.82) is 0 Å². The van der Waals surface area contributed by atoms with E-state index < -0.39 is 11.7 Å². The molecule has 0 saturated carbocycles. The fraction of sp³-hybridized carbons (Fsp3) is 0.500. The van der Waals surface area contributed by atoms with E-state index in [-0.39, 0.29) is 0 Å². The van der Waals surface area contributed by atoms with Gasteiger partial charge in [-0.25, -0.2) is 0 Å². The molecule has 0 aliphatic rings. The maximum atomic E-state index is 12.3. The molecule has 1 aromatic carbocycles. The van der Waals surface area contributed by atoms with Crippen LogP contribution in [0.1, 0.15) is 18.9 Å². The van der Waals surface area contributed by atoms with Crippen molar-refractivity contribution in [2.24, 2.45) is 5.92 Å². The van der Waals surface area contributed by atoms with Gasteiger partial charge in [0.05, 0.1) is 12.2 Å². The second-order valence-electron chi connectivity index (χ2n) is 3.76. The van der Waals surface area contributed by atoms with Gasteiger partial charge in [-0.1, -0.05) is 22.9 Å². The molecular formula is C12H14BrF3O. The fourth-order valence-corrected chi connectivity index (χ4v) is 1.87. The van der Waals surface area contributed by atoms with E-state index in [1.807, 2.05) is 6.92 Å². The molecular weight excluding hydrogens is 297 g/mol. The highest BCUT2D eigenvalue weighted by atomic mass is 79.9. The quantitative estimate of drug-likeness (QED) is 0.727. The van der Waals surface area contributed by atoms with Gasteiger partial charge in [0.1, 0.15) is 5.75 Å². The smallest absolute Gasteiger partial charge is 0.416 e. The van der Waals surface area contributed by atoms with E-state index in [9.17, 15) is 13.2 Å². The number of hydrogen-bond acceptors (Lipinski definition) is 1. The van der Waals surface area contributed by atoms with Crippen LogP contribution in [-0.4, -0.2) is 11.9 Å². The maximum Gasteiger partial charge on any atom is 0.416 e. The average molecular weight is 311 g/mol. The van der Waals surface area contributed by atoms with Crippen LogP contribution in [0.25, 0.3) is 0 Å². The lowest BCUT2D eigenvalue weighted by atomic mass is 10.1. The van der Waals surface area contributed by atoms with Crippen LogP contribution in [0.5, 0.6) is 5.75 Å². The fourth-order valence-electron chi connectivity index (χ4n) is 1.23. The molecule has 96 valence electrons. The predicted molar refractivity (Wildman–Crippen MR) is 64.5 cm³/mol. The second-order valence-corrected chi connectivity index (χ2v) is 4.41. The van der Waals surface area contributed by atoms with Crippen molar-refractivity contribution < 1.29 is 17.9 Å². The van der Waals surface area contributed by atoms with E-state index in [4.69, 9.17) is 4.74 Å². The zero-order valence-electron chi connectivity index (χ0n) is 9.43. The summed E-state index contributed by atoms with van der Waals surface area (Å²) in [6.45, 7) is 2.55. The van der Waals surface area contributed by atoms with Gasteiger partial charge >= 0.3 is 6.18 Å². The van der Waals surface area contributed by atoms with Gasteiger partial charge in [-0.15, -0.1) is 0 Å². The Morgan fingerprint density at radius 3 is 2.24 bits per heavy atom. The third-order valence-electron chi connectivity index (χ3n) is 2.46. The Morgan fingerprint density at radius 2 is 1.82 bits per heavy atom. The molecule has 1 atom stereocenters. The van der Waals surface area contributed by atoms with Crippen molar-refractivity contribution in [2.75, 3.05) is 11.9 Å². The van der Waals surface area contributed by atoms with Crippen molar-refractivity contribution >= 4 is 15.9 Å². The summed E-state index contributed by atoms with van der Waals surface area (Å²) in [7, 11) is 0. The summed E-state index contributed by atoms with van der Waals surface area (Å²) in [4.78, 5) is 0. The highest BCUT2D eigenvalue weighted by Crippen LogP contribution is 2.30. The molecule has 17 heavy (non-hydrogen) atoms. The first kappa shape index (κ1) is 14.4. The van der Waals surface area contributed by atoms with Gasteiger partial charge in [0.15, 0.2) is 0 Å². The summed E-state index contributed by atoms with van der Waals surface area (Å²) in [6.07, 6.45) is -3.33. The minimum Gasteiger partial charge on any atom is -0.493 e. The Balaban J connectivity index is 2.57. The molecule has 0 saturated heterocycles. The highest BCUT2D eigenvalue weighted by molar-refractivity contribution is 9.09. The van der Waals surface area contributed by atoms with Crippen LogP contribution in [-0.2, 0) is 6.18 Å². The molecule has 0 bridgehead atoms. The summed E-state index contributed by atoms with van der Waals surface area (Å²) >= 11 is 3.36. The lowest BCUT2D eigenvalue weighted by Gasteiger charge is -2.13. The van der Waals surface area contributed by atoms with Crippen LogP contribution < -0.4 is 4.74 Å². The van der Waals surface area contributed by atoms with Crippen molar-refractivity contribution in [3.8, 4) is 5.75 Å². The van der Waals surface area contributed by atoms with E-state index in [1.165, 1.54) is 12.1 Å². The van der Waals surface area contributed by atoms with Crippen molar-refractivity contribution in [3.63, 3.8) is 0 Å². The molecule has 0 aliphatic heterocycles. The summed E-state index contributed by atoms with van der Waals surface area (Å²) in [5.74, 6) is 0.842. The molecule has 1 nitrogen and oxygen atoms in total. The molecule has 0 aliphatic carbocycles. The summed E-state index contributed by atoms with van der Waals surface area (Å²) in [5, 5.41) is 0.824. The lowest BCUT2D eigenvalue weighted by Crippen LogP contribution is -2.12. The number of halogens is 4. The van der Waals surface area contributed by atoms with Crippen LogP contribution in [0, 0.1) is 5.92 Å². The Kier molecular flexibility index (Phi) is 5.31. The van der Waals surface area contributed by atoms with E-state index in [0.717, 1.165) is 23.9 Å². The molecule has 1 unspecified atom stereocenters. The van der Waals surface area contributed by atoms with Crippen molar-refractivity contribution in [3.05, 3.63) is 29.8 Å². The Morgan fingerprint density at radius 1 is 1.24 bits per heavy atom. The van der Waals surface area contributed by atoms with E-state index in [1.54, 1.807) is 0 Å². The highest BCUT2D eigenvalue weighted by Gasteiger charge is 2.29.